The van der Waals surface area contributed by atoms with E-state index in [1.807, 2.05) is 12.1 Å². The minimum Gasteiger partial charge on any atom is -0.497 e. The Bertz CT molecular complexity index is 978. The number of ether oxygens (including phenoxy) is 1. The molecular formula is C20H20N4O4. The minimum absolute atomic E-state index is 0.00796. The van der Waals surface area contributed by atoms with E-state index >= 15 is 0 Å². The molecule has 0 bridgehead atoms. The van der Waals surface area contributed by atoms with Gasteiger partial charge in [-0.15, -0.1) is 0 Å². The van der Waals surface area contributed by atoms with Gasteiger partial charge in [0.2, 0.25) is 5.82 Å². The first-order valence-electron chi connectivity index (χ1n) is 9.17. The van der Waals surface area contributed by atoms with Crippen LogP contribution < -0.4 is 10.1 Å². The maximum absolute atomic E-state index is 11.6. The molecule has 8 heteroatoms. The number of hydrogen-bond donors (Lipinski definition) is 1. The van der Waals surface area contributed by atoms with Crippen LogP contribution in [0.3, 0.4) is 0 Å². The lowest BCUT2D eigenvalue weighted by Gasteiger charge is -2.13. The van der Waals surface area contributed by atoms with Crippen LogP contribution >= 0.6 is 0 Å². The molecular weight excluding hydrogens is 360 g/mol. The average molecular weight is 380 g/mol. The fraction of sp³-hybridized carbons (Fsp3) is 0.300. The standard InChI is InChI=1S/C20H20N4O4/c1-27-16-9-6-13(7-10-16)19-22-20(28-23-19)14-8-11-17(18(12-14)24(25)26)21-15-4-2-3-5-15/h6-12,15,21H,2-5H2,1H3. The lowest BCUT2D eigenvalue weighted by molar-refractivity contribution is -0.383. The first kappa shape index (κ1) is 18.0. The van der Waals surface area contributed by atoms with Gasteiger partial charge in [-0.25, -0.2) is 0 Å². The van der Waals surface area contributed by atoms with Gasteiger partial charge in [-0.05, 0) is 49.2 Å². The Morgan fingerprint density at radius 3 is 2.54 bits per heavy atom. The Morgan fingerprint density at radius 2 is 1.86 bits per heavy atom. The van der Waals surface area contributed by atoms with Gasteiger partial charge in [-0.2, -0.15) is 4.98 Å². The lowest BCUT2D eigenvalue weighted by Crippen LogP contribution is -2.15. The van der Waals surface area contributed by atoms with Crippen LogP contribution in [-0.2, 0) is 0 Å². The fourth-order valence-electron chi connectivity index (χ4n) is 3.43. The van der Waals surface area contributed by atoms with Gasteiger partial charge in [-0.3, -0.25) is 10.1 Å². The Hall–Kier alpha value is -3.42. The summed E-state index contributed by atoms with van der Waals surface area (Å²) in [6.07, 6.45) is 4.38. The molecule has 0 spiro atoms. The fourth-order valence-corrected chi connectivity index (χ4v) is 3.43. The summed E-state index contributed by atoms with van der Waals surface area (Å²) in [7, 11) is 1.60. The largest absolute Gasteiger partial charge is 0.497 e. The quantitative estimate of drug-likeness (QED) is 0.489. The maximum Gasteiger partial charge on any atom is 0.293 e. The Labute approximate surface area is 161 Å². The molecule has 1 aliphatic carbocycles. The van der Waals surface area contributed by atoms with Gasteiger partial charge in [0.15, 0.2) is 0 Å². The predicted molar refractivity (Wildman–Crippen MR) is 104 cm³/mol. The van der Waals surface area contributed by atoms with E-state index in [-0.39, 0.29) is 22.5 Å². The van der Waals surface area contributed by atoms with Crippen molar-refractivity contribution in [2.75, 3.05) is 12.4 Å². The predicted octanol–water partition coefficient (Wildman–Crippen LogP) is 4.67. The molecule has 144 valence electrons. The third kappa shape index (κ3) is 3.66. The highest BCUT2D eigenvalue weighted by atomic mass is 16.6. The van der Waals surface area contributed by atoms with Crippen molar-refractivity contribution in [2.24, 2.45) is 0 Å². The summed E-state index contributed by atoms with van der Waals surface area (Å²) in [5.41, 5.74) is 1.81. The molecule has 1 heterocycles. The maximum atomic E-state index is 11.6. The monoisotopic (exact) mass is 380 g/mol. The minimum atomic E-state index is -0.387. The third-order valence-electron chi connectivity index (χ3n) is 4.93. The smallest absolute Gasteiger partial charge is 0.293 e. The molecule has 0 saturated heterocycles. The van der Waals surface area contributed by atoms with E-state index in [2.05, 4.69) is 15.5 Å². The third-order valence-corrected chi connectivity index (χ3v) is 4.93. The topological polar surface area (TPSA) is 103 Å². The van der Waals surface area contributed by atoms with Crippen LogP contribution in [0.5, 0.6) is 5.75 Å². The second kappa shape index (κ2) is 7.67. The SMILES string of the molecule is COc1ccc(-c2noc(-c3ccc(NC4CCCC4)c([N+](=O)[O-])c3)n2)cc1. The molecule has 2 aromatic carbocycles. The highest BCUT2D eigenvalue weighted by molar-refractivity contribution is 5.71. The number of methoxy groups -OCH3 is 1. The second-order valence-electron chi connectivity index (χ2n) is 6.77. The number of hydrogen-bond acceptors (Lipinski definition) is 7. The van der Waals surface area contributed by atoms with Crippen LogP contribution in [0.1, 0.15) is 25.7 Å². The molecule has 0 amide bonds. The first-order valence-corrected chi connectivity index (χ1v) is 9.17. The van der Waals surface area contributed by atoms with Crippen molar-refractivity contribution in [1.82, 2.24) is 10.1 Å². The van der Waals surface area contributed by atoms with E-state index < -0.39 is 0 Å². The Morgan fingerprint density at radius 1 is 1.14 bits per heavy atom. The van der Waals surface area contributed by atoms with E-state index in [0.717, 1.165) is 37.0 Å². The second-order valence-corrected chi connectivity index (χ2v) is 6.77. The van der Waals surface area contributed by atoms with Crippen LogP contribution in [0.25, 0.3) is 22.8 Å². The van der Waals surface area contributed by atoms with Crippen molar-refractivity contribution < 1.29 is 14.2 Å². The number of nitrogens with zero attached hydrogens (tertiary/aromatic N) is 3. The summed E-state index contributed by atoms with van der Waals surface area (Å²) in [5.74, 6) is 1.38. The van der Waals surface area contributed by atoms with Crippen LogP contribution in [0, 0.1) is 10.1 Å². The van der Waals surface area contributed by atoms with E-state index in [1.54, 1.807) is 31.4 Å². The average Bonchev–Trinajstić information content (AvgIpc) is 3.40. The van der Waals surface area contributed by atoms with Crippen molar-refractivity contribution >= 4 is 11.4 Å². The van der Waals surface area contributed by atoms with Gasteiger partial charge in [0.25, 0.3) is 11.6 Å². The molecule has 0 radical (unpaired) electrons. The summed E-state index contributed by atoms with van der Waals surface area (Å²) in [6.45, 7) is 0. The lowest BCUT2D eigenvalue weighted by atomic mass is 10.1. The molecule has 1 fully saturated rings. The molecule has 1 aromatic heterocycles. The van der Waals surface area contributed by atoms with Crippen molar-refractivity contribution in [1.29, 1.82) is 0 Å². The van der Waals surface area contributed by atoms with Crippen LogP contribution in [0.15, 0.2) is 47.0 Å². The Balaban J connectivity index is 1.60. The Kier molecular flexibility index (Phi) is 4.92. The molecule has 0 unspecified atom stereocenters. The molecule has 1 aliphatic rings. The highest BCUT2D eigenvalue weighted by Gasteiger charge is 2.22. The summed E-state index contributed by atoms with van der Waals surface area (Å²) in [4.78, 5) is 15.5. The summed E-state index contributed by atoms with van der Waals surface area (Å²) < 4.78 is 10.5. The van der Waals surface area contributed by atoms with Crippen molar-refractivity contribution in [3.63, 3.8) is 0 Å². The van der Waals surface area contributed by atoms with Gasteiger partial charge < -0.3 is 14.6 Å². The zero-order valence-corrected chi connectivity index (χ0v) is 15.4. The zero-order valence-electron chi connectivity index (χ0n) is 15.4. The van der Waals surface area contributed by atoms with E-state index in [0.29, 0.717) is 17.1 Å². The van der Waals surface area contributed by atoms with Crippen LogP contribution in [0.2, 0.25) is 0 Å². The summed E-state index contributed by atoms with van der Waals surface area (Å²) >= 11 is 0. The number of nitrogens with one attached hydrogen (secondary N) is 1. The van der Waals surface area contributed by atoms with Crippen molar-refractivity contribution in [3.8, 4) is 28.6 Å². The molecule has 0 aliphatic heterocycles. The van der Waals surface area contributed by atoms with Gasteiger partial charge in [0, 0.05) is 23.2 Å². The van der Waals surface area contributed by atoms with Gasteiger partial charge >= 0.3 is 0 Å². The first-order chi connectivity index (χ1) is 13.6. The molecule has 3 aromatic rings. The van der Waals surface area contributed by atoms with Crippen molar-refractivity contribution in [3.05, 3.63) is 52.6 Å². The van der Waals surface area contributed by atoms with Crippen LogP contribution in [-0.4, -0.2) is 28.2 Å². The number of benzene rings is 2. The van der Waals surface area contributed by atoms with Crippen LogP contribution in [0.4, 0.5) is 11.4 Å². The van der Waals surface area contributed by atoms with Gasteiger partial charge in [0.1, 0.15) is 11.4 Å². The molecule has 1 N–H and O–H groups in total. The molecule has 8 nitrogen and oxygen atoms in total. The number of aromatic nitrogens is 2. The number of nitro groups is 1. The number of anilines is 1. The highest BCUT2D eigenvalue weighted by Crippen LogP contribution is 2.33. The zero-order chi connectivity index (χ0) is 19.5. The summed E-state index contributed by atoms with van der Waals surface area (Å²) in [6, 6.07) is 12.5. The van der Waals surface area contributed by atoms with E-state index in [9.17, 15) is 10.1 Å². The van der Waals surface area contributed by atoms with Gasteiger partial charge in [0.05, 0.1) is 12.0 Å². The molecule has 4 rings (SSSR count). The normalized spacial score (nSPS) is 14.2. The number of nitro benzene ring substituents is 1. The molecule has 0 atom stereocenters. The van der Waals surface area contributed by atoms with E-state index in [1.165, 1.54) is 6.07 Å². The summed E-state index contributed by atoms with van der Waals surface area (Å²) in [5, 5.41) is 18.8. The van der Waals surface area contributed by atoms with Crippen molar-refractivity contribution in [2.45, 2.75) is 31.7 Å². The molecule has 1 saturated carbocycles. The number of rotatable bonds is 6. The van der Waals surface area contributed by atoms with Gasteiger partial charge in [-0.1, -0.05) is 18.0 Å². The van der Waals surface area contributed by atoms with E-state index in [4.69, 9.17) is 9.26 Å². The molecule has 28 heavy (non-hydrogen) atoms.